The largest absolute Gasteiger partial charge is 0.341 e. The lowest BCUT2D eigenvalue weighted by molar-refractivity contribution is -0.133. The summed E-state index contributed by atoms with van der Waals surface area (Å²) in [4.78, 5) is 14.4. The summed E-state index contributed by atoms with van der Waals surface area (Å²) in [6, 6.07) is -0.297. The van der Waals surface area contributed by atoms with Crippen molar-refractivity contribution in [2.75, 3.05) is 13.1 Å². The number of amides is 1. The highest BCUT2D eigenvalue weighted by Gasteiger charge is 2.31. The Kier molecular flexibility index (Phi) is 5.64. The third-order valence-corrected chi connectivity index (χ3v) is 3.91. The van der Waals surface area contributed by atoms with E-state index in [0.29, 0.717) is 5.92 Å². The minimum Gasteiger partial charge on any atom is -0.341 e. The standard InChI is InChI=1S/C15H30N2O/c1-5-6-7-13(16)14(18)17-9-8-12(2)10-15(3,4)11-17/h12-13H,5-11,16H2,1-4H3/t12?,13-/m0/s1. The first-order valence-corrected chi connectivity index (χ1v) is 7.40. The molecule has 1 unspecified atom stereocenters. The zero-order valence-corrected chi connectivity index (χ0v) is 12.5. The Hall–Kier alpha value is -0.570. The number of nitrogens with two attached hydrogens (primary N) is 1. The highest BCUT2D eigenvalue weighted by molar-refractivity contribution is 5.81. The second-order valence-electron chi connectivity index (χ2n) is 6.77. The van der Waals surface area contributed by atoms with Crippen LogP contribution in [0.5, 0.6) is 0 Å². The minimum atomic E-state index is -0.297. The van der Waals surface area contributed by atoms with Crippen LogP contribution < -0.4 is 5.73 Å². The van der Waals surface area contributed by atoms with Gasteiger partial charge < -0.3 is 10.6 Å². The molecule has 1 fully saturated rings. The Labute approximate surface area is 112 Å². The van der Waals surface area contributed by atoms with Crippen molar-refractivity contribution in [1.82, 2.24) is 4.90 Å². The second kappa shape index (κ2) is 6.55. The summed E-state index contributed by atoms with van der Waals surface area (Å²) in [6.07, 6.45) is 5.27. The zero-order valence-electron chi connectivity index (χ0n) is 12.5. The number of rotatable bonds is 4. The number of carbonyl (C=O) groups is 1. The molecule has 3 nitrogen and oxygen atoms in total. The van der Waals surface area contributed by atoms with Crippen molar-refractivity contribution in [1.29, 1.82) is 0 Å². The summed E-state index contributed by atoms with van der Waals surface area (Å²) < 4.78 is 0. The predicted octanol–water partition coefficient (Wildman–Crippen LogP) is 2.79. The fourth-order valence-electron chi connectivity index (χ4n) is 3.05. The molecule has 1 amide bonds. The molecule has 0 aromatic heterocycles. The zero-order chi connectivity index (χ0) is 13.8. The Bertz CT molecular complexity index is 276. The molecule has 2 N–H and O–H groups in total. The van der Waals surface area contributed by atoms with E-state index in [1.807, 2.05) is 4.90 Å². The molecule has 1 aliphatic rings. The minimum absolute atomic E-state index is 0.158. The molecule has 0 spiro atoms. The van der Waals surface area contributed by atoms with Crippen LogP contribution >= 0.6 is 0 Å². The highest BCUT2D eigenvalue weighted by atomic mass is 16.2. The van der Waals surface area contributed by atoms with Gasteiger partial charge in [-0.05, 0) is 30.6 Å². The van der Waals surface area contributed by atoms with Gasteiger partial charge in [-0.3, -0.25) is 4.79 Å². The third kappa shape index (κ3) is 4.60. The van der Waals surface area contributed by atoms with Gasteiger partial charge in [0, 0.05) is 13.1 Å². The Balaban J connectivity index is 2.61. The van der Waals surface area contributed by atoms with Crippen LogP contribution in [0.2, 0.25) is 0 Å². The van der Waals surface area contributed by atoms with Crippen molar-refractivity contribution in [3.8, 4) is 0 Å². The molecular weight excluding hydrogens is 224 g/mol. The molecule has 0 aromatic rings. The number of nitrogens with zero attached hydrogens (tertiary/aromatic N) is 1. The average molecular weight is 254 g/mol. The van der Waals surface area contributed by atoms with E-state index in [1.54, 1.807) is 0 Å². The molecule has 106 valence electrons. The van der Waals surface area contributed by atoms with E-state index in [9.17, 15) is 4.79 Å². The van der Waals surface area contributed by atoms with Gasteiger partial charge in [0.1, 0.15) is 0 Å². The Morgan fingerprint density at radius 2 is 2.17 bits per heavy atom. The summed E-state index contributed by atoms with van der Waals surface area (Å²) in [5.74, 6) is 0.857. The Morgan fingerprint density at radius 1 is 1.50 bits per heavy atom. The van der Waals surface area contributed by atoms with Gasteiger partial charge in [0.05, 0.1) is 6.04 Å². The fourth-order valence-corrected chi connectivity index (χ4v) is 3.05. The van der Waals surface area contributed by atoms with Crippen LogP contribution in [0.3, 0.4) is 0 Å². The third-order valence-electron chi connectivity index (χ3n) is 3.91. The van der Waals surface area contributed by atoms with Crippen LogP contribution in [0.15, 0.2) is 0 Å². The lowest BCUT2D eigenvalue weighted by Gasteiger charge is -2.31. The quantitative estimate of drug-likeness (QED) is 0.838. The summed E-state index contributed by atoms with van der Waals surface area (Å²) in [7, 11) is 0. The monoisotopic (exact) mass is 254 g/mol. The molecule has 3 heteroatoms. The summed E-state index contributed by atoms with van der Waals surface area (Å²) in [5.41, 5.74) is 6.24. The first-order valence-electron chi connectivity index (χ1n) is 7.40. The molecule has 18 heavy (non-hydrogen) atoms. The van der Waals surface area contributed by atoms with E-state index in [1.165, 1.54) is 6.42 Å². The van der Waals surface area contributed by atoms with Gasteiger partial charge in [-0.25, -0.2) is 0 Å². The molecule has 2 atom stereocenters. The van der Waals surface area contributed by atoms with Gasteiger partial charge in [-0.15, -0.1) is 0 Å². The number of carbonyl (C=O) groups excluding carboxylic acids is 1. The normalized spacial score (nSPS) is 25.6. The van der Waals surface area contributed by atoms with Crippen molar-refractivity contribution >= 4 is 5.91 Å². The molecule has 1 heterocycles. The average Bonchev–Trinajstić information content (AvgIpc) is 2.42. The lowest BCUT2D eigenvalue weighted by atomic mass is 9.83. The first-order chi connectivity index (χ1) is 8.35. The van der Waals surface area contributed by atoms with Crippen LogP contribution in [0.1, 0.15) is 59.8 Å². The van der Waals surface area contributed by atoms with Gasteiger partial charge in [0.25, 0.3) is 0 Å². The maximum absolute atomic E-state index is 12.4. The number of likely N-dealkylation sites (tertiary alicyclic amines) is 1. The smallest absolute Gasteiger partial charge is 0.239 e. The van der Waals surface area contributed by atoms with Crippen molar-refractivity contribution in [3.63, 3.8) is 0 Å². The van der Waals surface area contributed by atoms with Crippen LogP contribution in [0.25, 0.3) is 0 Å². The summed E-state index contributed by atoms with van der Waals surface area (Å²) in [6.45, 7) is 10.7. The lowest BCUT2D eigenvalue weighted by Crippen LogP contribution is -2.46. The van der Waals surface area contributed by atoms with Crippen molar-refractivity contribution < 1.29 is 4.79 Å². The Morgan fingerprint density at radius 3 is 2.78 bits per heavy atom. The predicted molar refractivity (Wildman–Crippen MR) is 76.3 cm³/mol. The van der Waals surface area contributed by atoms with E-state index >= 15 is 0 Å². The topological polar surface area (TPSA) is 46.3 Å². The molecule has 0 saturated carbocycles. The number of hydrogen-bond donors (Lipinski definition) is 1. The highest BCUT2D eigenvalue weighted by Crippen LogP contribution is 2.31. The van der Waals surface area contributed by atoms with E-state index < -0.39 is 0 Å². The molecule has 0 radical (unpaired) electrons. The summed E-state index contributed by atoms with van der Waals surface area (Å²) >= 11 is 0. The molecule has 1 aliphatic heterocycles. The molecule has 1 rings (SSSR count). The first kappa shape index (κ1) is 15.5. The van der Waals surface area contributed by atoms with Gasteiger partial charge in [-0.1, -0.05) is 40.5 Å². The van der Waals surface area contributed by atoms with Crippen LogP contribution in [0, 0.1) is 11.3 Å². The fraction of sp³-hybridized carbons (Fsp3) is 0.933. The van der Waals surface area contributed by atoms with Gasteiger partial charge in [-0.2, -0.15) is 0 Å². The van der Waals surface area contributed by atoms with E-state index in [2.05, 4.69) is 27.7 Å². The van der Waals surface area contributed by atoms with Crippen molar-refractivity contribution in [3.05, 3.63) is 0 Å². The van der Waals surface area contributed by atoms with Crippen LogP contribution in [0.4, 0.5) is 0 Å². The van der Waals surface area contributed by atoms with Crippen molar-refractivity contribution in [2.24, 2.45) is 17.1 Å². The molecular formula is C15H30N2O. The second-order valence-corrected chi connectivity index (χ2v) is 6.77. The molecule has 0 bridgehead atoms. The molecule has 0 aromatic carbocycles. The van der Waals surface area contributed by atoms with Gasteiger partial charge >= 0.3 is 0 Å². The SMILES string of the molecule is CCCC[C@H](N)C(=O)N1CCC(C)CC(C)(C)C1. The van der Waals surface area contributed by atoms with Crippen molar-refractivity contribution in [2.45, 2.75) is 65.8 Å². The number of unbranched alkanes of at least 4 members (excludes halogenated alkanes) is 1. The van der Waals surface area contributed by atoms with Gasteiger partial charge in [0.15, 0.2) is 0 Å². The van der Waals surface area contributed by atoms with E-state index in [0.717, 1.165) is 38.8 Å². The summed E-state index contributed by atoms with van der Waals surface area (Å²) in [5, 5.41) is 0. The van der Waals surface area contributed by atoms with Crippen LogP contribution in [-0.4, -0.2) is 29.9 Å². The van der Waals surface area contributed by atoms with Gasteiger partial charge in [0.2, 0.25) is 5.91 Å². The molecule has 1 saturated heterocycles. The number of hydrogen-bond acceptors (Lipinski definition) is 2. The maximum Gasteiger partial charge on any atom is 0.239 e. The van der Waals surface area contributed by atoms with E-state index in [4.69, 9.17) is 5.73 Å². The van der Waals surface area contributed by atoms with E-state index in [-0.39, 0.29) is 17.4 Å². The molecule has 0 aliphatic carbocycles. The maximum atomic E-state index is 12.4. The van der Waals surface area contributed by atoms with Crippen LogP contribution in [-0.2, 0) is 4.79 Å².